The molecule has 2 aliphatic heterocycles. The number of amides is 1. The largest absolute Gasteiger partial charge is 0.606 e. The highest BCUT2D eigenvalue weighted by atomic mass is 32.2. The Labute approximate surface area is 263 Å². The molecule has 0 radical (unpaired) electrons. The summed E-state index contributed by atoms with van der Waals surface area (Å²) in [5.41, 5.74) is 1.60. The Hall–Kier alpha value is -3.52. The van der Waals surface area contributed by atoms with E-state index in [0.29, 0.717) is 10.8 Å². The van der Waals surface area contributed by atoms with Gasteiger partial charge in [-0.15, -0.1) is 0 Å². The van der Waals surface area contributed by atoms with E-state index in [0.717, 1.165) is 75.3 Å². The van der Waals surface area contributed by atoms with Gasteiger partial charge in [0.15, 0.2) is 9.79 Å². The number of piperidine rings is 1. The summed E-state index contributed by atoms with van der Waals surface area (Å²) in [6.07, 6.45) is 7.77. The zero-order chi connectivity index (χ0) is 30.7. The van der Waals surface area contributed by atoms with Gasteiger partial charge in [-0.2, -0.15) is 10.4 Å². The van der Waals surface area contributed by atoms with Crippen molar-refractivity contribution in [1.29, 1.82) is 5.26 Å². The molecular weight excluding hydrogens is 572 g/mol. The molecule has 3 aromatic rings. The van der Waals surface area contributed by atoms with Crippen molar-refractivity contribution in [3.63, 3.8) is 0 Å². The van der Waals surface area contributed by atoms with E-state index < -0.39 is 22.7 Å². The second-order valence-corrected chi connectivity index (χ2v) is 14.1. The molecule has 2 aromatic carbocycles. The summed E-state index contributed by atoms with van der Waals surface area (Å²) in [7, 11) is 3.23. The van der Waals surface area contributed by atoms with Gasteiger partial charge in [0.25, 0.3) is 0 Å². The number of ether oxygens (including phenoxy) is 1. The summed E-state index contributed by atoms with van der Waals surface area (Å²) >= 11 is -1.23. The smallest absolute Gasteiger partial charge is 0.407 e. The first-order valence-electron chi connectivity index (χ1n) is 15.7. The number of nitrogens with one attached hydrogen (secondary N) is 1. The summed E-state index contributed by atoms with van der Waals surface area (Å²) in [4.78, 5) is 18.7. The number of hydrogen-bond acceptors (Lipinski definition) is 7. The Morgan fingerprint density at radius 3 is 2.45 bits per heavy atom. The normalized spacial score (nSPS) is 23.4. The quantitative estimate of drug-likeness (QED) is 0.348. The minimum absolute atomic E-state index is 0.0546. The fourth-order valence-electron chi connectivity index (χ4n) is 7.84. The van der Waals surface area contributed by atoms with Gasteiger partial charge in [-0.25, -0.2) is 4.79 Å². The fourth-order valence-corrected chi connectivity index (χ4v) is 8.88. The predicted octanol–water partition coefficient (Wildman–Crippen LogP) is 4.72. The molecule has 3 heterocycles. The van der Waals surface area contributed by atoms with Gasteiger partial charge < -0.3 is 24.4 Å². The number of anilines is 1. The lowest BCUT2D eigenvalue weighted by Crippen LogP contribution is -2.55. The van der Waals surface area contributed by atoms with Crippen molar-refractivity contribution in [2.45, 2.75) is 53.4 Å². The van der Waals surface area contributed by atoms with E-state index in [4.69, 9.17) is 4.74 Å². The molecule has 3 fully saturated rings. The van der Waals surface area contributed by atoms with Crippen LogP contribution in [-0.4, -0.2) is 71.2 Å². The lowest BCUT2D eigenvalue weighted by molar-refractivity contribution is 0.0939. The molecule has 0 bridgehead atoms. The summed E-state index contributed by atoms with van der Waals surface area (Å²) in [5, 5.41) is 18.1. The van der Waals surface area contributed by atoms with Crippen LogP contribution in [0.15, 0.2) is 76.8 Å². The monoisotopic (exact) mass is 614 g/mol. The summed E-state index contributed by atoms with van der Waals surface area (Å²) < 4.78 is 19.4. The van der Waals surface area contributed by atoms with Crippen LogP contribution in [-0.2, 0) is 28.4 Å². The summed E-state index contributed by atoms with van der Waals surface area (Å²) in [5.74, 6) is 0.887. The molecule has 10 heteroatoms. The van der Waals surface area contributed by atoms with E-state index in [9.17, 15) is 14.6 Å². The molecule has 4 atom stereocenters. The topological polar surface area (TPSA) is 109 Å². The van der Waals surface area contributed by atoms with E-state index in [2.05, 4.69) is 50.5 Å². The standard InChI is InChI=1S/C34H42N6O3S/c1-38-23-30(19-36-38)44(42)29-13-11-28(12-14-29)40-21-25(22-40)20-39-17-15-27(16-18-39)34(24-35,26-7-4-3-5-8-26)31-9-6-10-32(31)37-33(41)43-2/h3-5,7-8,11-14,19,23,25,27,31-32H,6,9-10,15-18,20-22H2,1-2H3,(H,37,41). The average molecular weight is 615 g/mol. The molecule has 1 saturated carbocycles. The molecule has 6 rings (SSSR count). The number of methoxy groups -OCH3 is 1. The maximum atomic E-state index is 12.8. The van der Waals surface area contributed by atoms with E-state index in [1.807, 2.05) is 37.4 Å². The van der Waals surface area contributed by atoms with Gasteiger partial charge in [0.1, 0.15) is 6.20 Å². The summed E-state index contributed by atoms with van der Waals surface area (Å²) in [6, 6.07) is 21.1. The lowest BCUT2D eigenvalue weighted by Gasteiger charge is -2.48. The van der Waals surface area contributed by atoms with Crippen LogP contribution < -0.4 is 10.2 Å². The van der Waals surface area contributed by atoms with E-state index >= 15 is 0 Å². The number of nitriles is 1. The second kappa shape index (κ2) is 13.2. The average Bonchev–Trinajstić information content (AvgIpc) is 3.69. The Balaban J connectivity index is 1.05. The number of benzene rings is 2. The first-order valence-corrected chi connectivity index (χ1v) is 16.8. The predicted molar refractivity (Wildman–Crippen MR) is 170 cm³/mol. The molecule has 1 aliphatic carbocycles. The molecule has 1 amide bonds. The highest BCUT2D eigenvalue weighted by Crippen LogP contribution is 2.50. The van der Waals surface area contributed by atoms with Gasteiger partial charge in [-0.05, 0) is 74.5 Å². The molecule has 1 aromatic heterocycles. The van der Waals surface area contributed by atoms with Crippen LogP contribution >= 0.6 is 0 Å². The molecular formula is C34H42N6O3S. The third-order valence-electron chi connectivity index (χ3n) is 10.0. The van der Waals surface area contributed by atoms with E-state index in [1.165, 1.54) is 12.8 Å². The van der Waals surface area contributed by atoms with Crippen molar-refractivity contribution < 1.29 is 14.1 Å². The fraction of sp³-hybridized carbons (Fsp3) is 0.500. The number of rotatable bonds is 9. The number of aryl methyl sites for hydroxylation is 1. The third kappa shape index (κ3) is 6.06. The van der Waals surface area contributed by atoms with Crippen LogP contribution in [0.25, 0.3) is 0 Å². The van der Waals surface area contributed by atoms with Crippen LogP contribution in [0.3, 0.4) is 0 Å². The van der Waals surface area contributed by atoms with E-state index in [-0.39, 0.29) is 17.9 Å². The maximum absolute atomic E-state index is 12.8. The molecule has 0 spiro atoms. The highest BCUT2D eigenvalue weighted by molar-refractivity contribution is 7.91. The van der Waals surface area contributed by atoms with Gasteiger partial charge >= 0.3 is 6.09 Å². The van der Waals surface area contributed by atoms with Crippen LogP contribution in [0.4, 0.5) is 10.5 Å². The number of carbonyl (C=O) groups excluding carboxylic acids is 1. The minimum atomic E-state index is -1.23. The number of aromatic nitrogens is 2. The molecule has 2 saturated heterocycles. The third-order valence-corrected chi connectivity index (χ3v) is 11.4. The number of carbonyl (C=O) groups is 1. The van der Waals surface area contributed by atoms with Crippen molar-refractivity contribution in [1.82, 2.24) is 20.0 Å². The van der Waals surface area contributed by atoms with Crippen LogP contribution in [0.5, 0.6) is 0 Å². The zero-order valence-electron chi connectivity index (χ0n) is 25.6. The van der Waals surface area contributed by atoms with Crippen molar-refractivity contribution >= 4 is 23.0 Å². The van der Waals surface area contributed by atoms with E-state index in [1.54, 1.807) is 17.1 Å². The lowest BCUT2D eigenvalue weighted by atomic mass is 9.59. The summed E-state index contributed by atoms with van der Waals surface area (Å²) in [6.45, 7) is 5.05. The van der Waals surface area contributed by atoms with Crippen molar-refractivity contribution in [3.05, 3.63) is 72.6 Å². The molecule has 1 N–H and O–H groups in total. The second-order valence-electron chi connectivity index (χ2n) is 12.6. The van der Waals surface area contributed by atoms with Gasteiger partial charge in [0.2, 0.25) is 0 Å². The number of nitrogens with zero attached hydrogens (tertiary/aromatic N) is 5. The Morgan fingerprint density at radius 2 is 1.82 bits per heavy atom. The van der Waals surface area contributed by atoms with Crippen molar-refractivity contribution in [2.75, 3.05) is 44.7 Å². The molecule has 44 heavy (non-hydrogen) atoms. The Bertz CT molecular complexity index is 1450. The van der Waals surface area contributed by atoms with Crippen LogP contribution in [0.1, 0.15) is 37.7 Å². The van der Waals surface area contributed by atoms with Gasteiger partial charge in [-0.1, -0.05) is 36.8 Å². The maximum Gasteiger partial charge on any atom is 0.407 e. The molecule has 232 valence electrons. The van der Waals surface area contributed by atoms with Crippen LogP contribution in [0.2, 0.25) is 0 Å². The Morgan fingerprint density at radius 1 is 1.09 bits per heavy atom. The zero-order valence-corrected chi connectivity index (χ0v) is 26.4. The number of alkyl carbamates (subject to hydrolysis) is 1. The van der Waals surface area contributed by atoms with Crippen molar-refractivity contribution in [2.24, 2.45) is 24.8 Å². The number of hydrogen-bond donors (Lipinski definition) is 1. The SMILES string of the molecule is COC(=O)NC1CCCC1C(C#N)(c1ccccc1)C1CCN(CC2CN(c3ccc([S+]([O-])c4cnn(C)c4)cc3)C2)CC1. The minimum Gasteiger partial charge on any atom is -0.606 e. The van der Waals surface area contributed by atoms with Gasteiger partial charge in [-0.3, -0.25) is 4.68 Å². The number of likely N-dealkylation sites (tertiary alicyclic amines) is 1. The highest BCUT2D eigenvalue weighted by Gasteiger charge is 2.52. The van der Waals surface area contributed by atoms with Crippen LogP contribution in [0, 0.1) is 29.1 Å². The molecule has 3 aliphatic rings. The first kappa shape index (κ1) is 30.5. The first-order chi connectivity index (χ1) is 21.4. The molecule has 4 unspecified atom stereocenters. The Kier molecular flexibility index (Phi) is 9.17. The van der Waals surface area contributed by atoms with Crippen molar-refractivity contribution in [3.8, 4) is 6.07 Å². The van der Waals surface area contributed by atoms with Gasteiger partial charge in [0.05, 0.1) is 24.8 Å². The van der Waals surface area contributed by atoms with Gasteiger partial charge in [0, 0.05) is 61.4 Å². The molecule has 9 nitrogen and oxygen atoms in total.